The molecule has 1 atom stereocenters. The molecule has 0 fully saturated rings. The number of ether oxygens (including phenoxy) is 1. The van der Waals surface area contributed by atoms with Gasteiger partial charge in [0.15, 0.2) is 6.10 Å². The number of nitrogens with zero attached hydrogens (tertiary/aromatic N) is 1. The lowest BCUT2D eigenvalue weighted by Crippen LogP contribution is -2.30. The number of nitrogens with one attached hydrogen (secondary N) is 1. The summed E-state index contributed by atoms with van der Waals surface area (Å²) < 4.78 is 5.32. The molecule has 1 aliphatic carbocycles. The number of esters is 1. The summed E-state index contributed by atoms with van der Waals surface area (Å²) in [5.41, 5.74) is 2.07. The minimum absolute atomic E-state index is 0.402. The van der Waals surface area contributed by atoms with Gasteiger partial charge in [0.1, 0.15) is 11.1 Å². The Morgan fingerprint density at radius 1 is 1.33 bits per heavy atom. The van der Waals surface area contributed by atoms with E-state index in [9.17, 15) is 9.59 Å². The Bertz CT molecular complexity index is 816. The van der Waals surface area contributed by atoms with Crippen molar-refractivity contribution >= 4 is 39.6 Å². The summed E-state index contributed by atoms with van der Waals surface area (Å²) in [6, 6.07) is 3.64. The van der Waals surface area contributed by atoms with E-state index in [0.717, 1.165) is 31.2 Å². The van der Waals surface area contributed by atoms with E-state index in [1.165, 1.54) is 23.1 Å². The minimum Gasteiger partial charge on any atom is -0.449 e. The highest BCUT2D eigenvalue weighted by molar-refractivity contribution is 7.14. The molecule has 7 heteroatoms. The number of anilines is 1. The van der Waals surface area contributed by atoms with Crippen molar-refractivity contribution in [2.45, 2.75) is 38.7 Å². The van der Waals surface area contributed by atoms with Crippen LogP contribution in [0, 0.1) is 11.3 Å². The van der Waals surface area contributed by atoms with E-state index in [0.29, 0.717) is 16.1 Å². The highest BCUT2D eigenvalue weighted by Crippen LogP contribution is 2.31. The van der Waals surface area contributed by atoms with E-state index in [1.807, 2.05) is 11.4 Å². The van der Waals surface area contributed by atoms with Crippen LogP contribution in [0.2, 0.25) is 0 Å². The summed E-state index contributed by atoms with van der Waals surface area (Å²) in [7, 11) is 0. The van der Waals surface area contributed by atoms with Gasteiger partial charge in [-0.25, -0.2) is 4.79 Å². The molecule has 2 aromatic heterocycles. The van der Waals surface area contributed by atoms with Gasteiger partial charge in [0, 0.05) is 10.3 Å². The summed E-state index contributed by atoms with van der Waals surface area (Å²) in [5, 5.41) is 15.6. The molecule has 2 aromatic rings. The van der Waals surface area contributed by atoms with Gasteiger partial charge in [-0.2, -0.15) is 5.26 Å². The molecule has 0 saturated carbocycles. The van der Waals surface area contributed by atoms with Crippen molar-refractivity contribution in [3.63, 3.8) is 0 Å². The van der Waals surface area contributed by atoms with Crippen molar-refractivity contribution in [2.75, 3.05) is 5.32 Å². The normalized spacial score (nSPS) is 14.3. The van der Waals surface area contributed by atoms with Crippen molar-refractivity contribution in [2.24, 2.45) is 0 Å². The van der Waals surface area contributed by atoms with Crippen LogP contribution in [-0.4, -0.2) is 18.0 Å². The molecule has 0 aromatic carbocycles. The zero-order valence-corrected chi connectivity index (χ0v) is 14.8. The minimum atomic E-state index is -0.926. The Hall–Kier alpha value is -2.17. The van der Waals surface area contributed by atoms with Gasteiger partial charge in [-0.05, 0) is 49.6 Å². The number of rotatable bonds is 4. The number of thiophene rings is 2. The predicted octanol–water partition coefficient (Wildman–Crippen LogP) is 3.74. The first-order valence-electron chi connectivity index (χ1n) is 7.69. The Kier molecular flexibility index (Phi) is 4.97. The van der Waals surface area contributed by atoms with Gasteiger partial charge < -0.3 is 10.1 Å². The third-order valence-electron chi connectivity index (χ3n) is 3.96. The number of hydrogen-bond donors (Lipinski definition) is 1. The molecule has 1 aliphatic rings. The van der Waals surface area contributed by atoms with Crippen LogP contribution in [0.1, 0.15) is 46.1 Å². The Morgan fingerprint density at radius 3 is 2.92 bits per heavy atom. The molecule has 0 bridgehead atoms. The van der Waals surface area contributed by atoms with E-state index in [-0.39, 0.29) is 0 Å². The molecule has 0 saturated heterocycles. The van der Waals surface area contributed by atoms with Crippen LogP contribution < -0.4 is 5.32 Å². The molecule has 124 valence electrons. The smallest absolute Gasteiger partial charge is 0.340 e. The van der Waals surface area contributed by atoms with Crippen molar-refractivity contribution in [3.05, 3.63) is 38.4 Å². The maximum absolute atomic E-state index is 12.4. The average Bonchev–Trinajstić information content (AvgIpc) is 3.20. The predicted molar refractivity (Wildman–Crippen MR) is 93.5 cm³/mol. The second-order valence-corrected chi connectivity index (χ2v) is 7.45. The van der Waals surface area contributed by atoms with Crippen LogP contribution in [0.3, 0.4) is 0 Å². The zero-order chi connectivity index (χ0) is 17.1. The number of nitriles is 1. The summed E-state index contributed by atoms with van der Waals surface area (Å²) in [6.45, 7) is 1.53. The second kappa shape index (κ2) is 7.16. The van der Waals surface area contributed by atoms with Gasteiger partial charge in [-0.15, -0.1) is 22.7 Å². The molecule has 24 heavy (non-hydrogen) atoms. The zero-order valence-electron chi connectivity index (χ0n) is 13.1. The lowest BCUT2D eigenvalue weighted by atomic mass is 9.96. The van der Waals surface area contributed by atoms with Gasteiger partial charge in [0.25, 0.3) is 5.91 Å². The van der Waals surface area contributed by atoms with Crippen LogP contribution in [0.5, 0.6) is 0 Å². The lowest BCUT2D eigenvalue weighted by Gasteiger charge is -2.15. The highest BCUT2D eigenvalue weighted by atomic mass is 32.1. The first-order chi connectivity index (χ1) is 11.6. The first-order valence-corrected chi connectivity index (χ1v) is 9.44. The third kappa shape index (κ3) is 3.35. The standard InChI is InChI=1S/C17H16N2O3S2/c1-10(15(20)19-16-11(8-18)6-7-23-16)22-17(21)13-9-24-14-5-3-2-4-12(13)14/h6-7,9-10H,2-5H2,1H3,(H,19,20)/t10-/m1/s1. The fraction of sp³-hybridized carbons (Fsp3) is 0.353. The van der Waals surface area contributed by atoms with Gasteiger partial charge in [-0.1, -0.05) is 0 Å². The van der Waals surface area contributed by atoms with Crippen LogP contribution >= 0.6 is 22.7 Å². The van der Waals surface area contributed by atoms with E-state index >= 15 is 0 Å². The van der Waals surface area contributed by atoms with Crippen LogP contribution in [0.25, 0.3) is 0 Å². The third-order valence-corrected chi connectivity index (χ3v) is 5.88. The molecule has 0 radical (unpaired) electrons. The molecule has 2 heterocycles. The van der Waals surface area contributed by atoms with E-state index in [2.05, 4.69) is 5.32 Å². The number of carbonyl (C=O) groups excluding carboxylic acids is 2. The Labute approximate surface area is 147 Å². The van der Waals surface area contributed by atoms with Crippen LogP contribution in [0.4, 0.5) is 5.00 Å². The molecule has 1 N–H and O–H groups in total. The summed E-state index contributed by atoms with van der Waals surface area (Å²) >= 11 is 2.85. The highest BCUT2D eigenvalue weighted by Gasteiger charge is 2.25. The molecule has 3 rings (SSSR count). The molecule has 0 spiro atoms. The summed E-state index contributed by atoms with van der Waals surface area (Å²) in [5.74, 6) is -0.893. The maximum atomic E-state index is 12.4. The quantitative estimate of drug-likeness (QED) is 0.842. The van der Waals surface area contributed by atoms with Gasteiger partial charge >= 0.3 is 5.97 Å². The number of carbonyl (C=O) groups is 2. The largest absolute Gasteiger partial charge is 0.449 e. The van der Waals surface area contributed by atoms with Crippen LogP contribution in [-0.2, 0) is 22.4 Å². The summed E-state index contributed by atoms with van der Waals surface area (Å²) in [4.78, 5) is 25.8. The molecular formula is C17H16N2O3S2. The Morgan fingerprint density at radius 2 is 2.12 bits per heavy atom. The van der Waals surface area contributed by atoms with Crippen molar-refractivity contribution in [1.82, 2.24) is 0 Å². The van der Waals surface area contributed by atoms with Gasteiger partial charge in [-0.3, -0.25) is 4.79 Å². The van der Waals surface area contributed by atoms with E-state index in [4.69, 9.17) is 10.00 Å². The fourth-order valence-corrected chi connectivity index (χ4v) is 4.51. The van der Waals surface area contributed by atoms with E-state index < -0.39 is 18.0 Å². The Balaban J connectivity index is 1.65. The van der Waals surface area contributed by atoms with E-state index in [1.54, 1.807) is 22.8 Å². The molecule has 1 amide bonds. The SMILES string of the molecule is C[C@@H](OC(=O)c1csc2c1CCCC2)C(=O)Nc1sccc1C#N. The average molecular weight is 360 g/mol. The monoisotopic (exact) mass is 360 g/mol. The number of aryl methyl sites for hydroxylation is 1. The lowest BCUT2D eigenvalue weighted by molar-refractivity contribution is -0.123. The maximum Gasteiger partial charge on any atom is 0.340 e. The van der Waals surface area contributed by atoms with Crippen molar-refractivity contribution in [3.8, 4) is 6.07 Å². The topological polar surface area (TPSA) is 79.2 Å². The number of fused-ring (bicyclic) bond motifs is 1. The summed E-state index contributed by atoms with van der Waals surface area (Å²) in [6.07, 6.45) is 3.21. The fourth-order valence-electron chi connectivity index (χ4n) is 2.65. The second-order valence-electron chi connectivity index (χ2n) is 5.57. The van der Waals surface area contributed by atoms with Crippen molar-refractivity contribution < 1.29 is 14.3 Å². The van der Waals surface area contributed by atoms with Crippen LogP contribution in [0.15, 0.2) is 16.8 Å². The van der Waals surface area contributed by atoms with Gasteiger partial charge in [0.05, 0.1) is 11.1 Å². The number of amides is 1. The molecule has 0 unspecified atom stereocenters. The number of hydrogen-bond acceptors (Lipinski definition) is 6. The molecular weight excluding hydrogens is 344 g/mol. The molecule has 5 nitrogen and oxygen atoms in total. The van der Waals surface area contributed by atoms with Gasteiger partial charge in [0.2, 0.25) is 0 Å². The molecule has 0 aliphatic heterocycles. The van der Waals surface area contributed by atoms with Crippen molar-refractivity contribution in [1.29, 1.82) is 5.26 Å². The first kappa shape index (κ1) is 16.7.